The van der Waals surface area contributed by atoms with Gasteiger partial charge in [-0.3, -0.25) is 4.79 Å². The molecule has 1 amide bonds. The minimum absolute atomic E-state index is 0.0154. The van der Waals surface area contributed by atoms with Crippen molar-refractivity contribution in [3.05, 3.63) is 106 Å². The molecule has 6 rings (SSSR count). The normalized spacial score (nSPS) is 12.2. The fourth-order valence-corrected chi connectivity index (χ4v) is 5.61. The first-order chi connectivity index (χ1) is 18.0. The van der Waals surface area contributed by atoms with E-state index in [1.807, 2.05) is 47.8 Å². The molecule has 0 unspecified atom stereocenters. The van der Waals surface area contributed by atoms with E-state index in [2.05, 4.69) is 59.3 Å². The third-order valence-electron chi connectivity index (χ3n) is 6.66. The van der Waals surface area contributed by atoms with Crippen molar-refractivity contribution in [2.45, 2.75) is 13.0 Å². The fraction of sp³-hybridized carbons (Fsp3) is 0.100. The Morgan fingerprint density at radius 1 is 0.946 bits per heavy atom. The van der Waals surface area contributed by atoms with Gasteiger partial charge in [0.2, 0.25) is 0 Å². The lowest BCUT2D eigenvalue weighted by Gasteiger charge is -2.18. The van der Waals surface area contributed by atoms with Crippen molar-refractivity contribution < 1.29 is 4.79 Å². The first kappa shape index (κ1) is 23.4. The maximum absolute atomic E-state index is 12.3. The second kappa shape index (κ2) is 9.47. The number of imidazole rings is 1. The molecule has 0 aliphatic heterocycles. The predicted octanol–water partition coefficient (Wildman–Crippen LogP) is 7.60. The van der Waals surface area contributed by atoms with Crippen molar-refractivity contribution in [3.8, 4) is 22.1 Å². The number of amides is 1. The zero-order chi connectivity index (χ0) is 25.5. The van der Waals surface area contributed by atoms with Gasteiger partial charge in [-0.25, -0.2) is 9.97 Å². The van der Waals surface area contributed by atoms with Gasteiger partial charge in [-0.1, -0.05) is 60.1 Å². The summed E-state index contributed by atoms with van der Waals surface area (Å²) < 4.78 is 2.22. The van der Waals surface area contributed by atoms with Crippen LogP contribution in [-0.4, -0.2) is 27.5 Å². The number of nitrogens with zero attached hydrogens (tertiary/aromatic N) is 3. The van der Waals surface area contributed by atoms with E-state index >= 15 is 0 Å². The SMILES string of the molecule is CNC(=O)c1ccc2c(c1)nc(-c1nc(-c3ccc(Cl)cc3)cs1)n2[C@@H](C)c1ccc2ccccc2c1. The highest BCUT2D eigenvalue weighted by Crippen LogP contribution is 2.36. The third-order valence-corrected chi connectivity index (χ3v) is 7.75. The van der Waals surface area contributed by atoms with Crippen LogP contribution in [0, 0.1) is 0 Å². The van der Waals surface area contributed by atoms with Crippen LogP contribution >= 0.6 is 22.9 Å². The number of carbonyl (C=O) groups excluding carboxylic acids is 1. The van der Waals surface area contributed by atoms with Crippen LogP contribution in [0.5, 0.6) is 0 Å². The Hall–Kier alpha value is -4.00. The van der Waals surface area contributed by atoms with Crippen LogP contribution in [0.3, 0.4) is 0 Å². The van der Waals surface area contributed by atoms with Crippen molar-refractivity contribution in [2.24, 2.45) is 0 Å². The maximum atomic E-state index is 12.3. The molecule has 1 N–H and O–H groups in total. The number of hydrogen-bond acceptors (Lipinski definition) is 4. The number of carbonyl (C=O) groups is 1. The number of benzene rings is 4. The van der Waals surface area contributed by atoms with Crippen LogP contribution in [0.4, 0.5) is 0 Å². The smallest absolute Gasteiger partial charge is 0.251 e. The topological polar surface area (TPSA) is 59.8 Å². The molecule has 0 bridgehead atoms. The molecular formula is C30H23ClN4OS. The second-order valence-electron chi connectivity index (χ2n) is 8.92. The van der Waals surface area contributed by atoms with Crippen molar-refractivity contribution >= 4 is 50.7 Å². The molecular weight excluding hydrogens is 500 g/mol. The van der Waals surface area contributed by atoms with Gasteiger partial charge in [0.15, 0.2) is 10.8 Å². The standard InChI is InChI=1S/C30H23ClN4OS/c1-18(21-8-7-19-5-3-4-6-22(19)15-21)35-27-14-11-23(29(36)32-2)16-25(27)33-28(35)30-34-26(17-37-30)20-9-12-24(31)13-10-20/h3-18H,1-2H3,(H,32,36)/t18-/m0/s1. The van der Waals surface area contributed by atoms with Gasteiger partial charge < -0.3 is 9.88 Å². The van der Waals surface area contributed by atoms with E-state index in [0.717, 1.165) is 33.1 Å². The Labute approximate surface area is 223 Å². The summed E-state index contributed by atoms with van der Waals surface area (Å²) in [6.45, 7) is 2.18. The molecule has 0 fully saturated rings. The average molecular weight is 523 g/mol. The van der Waals surface area contributed by atoms with Crippen molar-refractivity contribution in [3.63, 3.8) is 0 Å². The molecule has 0 spiro atoms. The minimum atomic E-state index is -0.139. The van der Waals surface area contributed by atoms with E-state index in [9.17, 15) is 4.79 Å². The van der Waals surface area contributed by atoms with Crippen molar-refractivity contribution in [1.29, 1.82) is 0 Å². The van der Waals surface area contributed by atoms with Gasteiger partial charge in [0.05, 0.1) is 22.8 Å². The van der Waals surface area contributed by atoms with Crippen LogP contribution in [0.2, 0.25) is 5.02 Å². The lowest BCUT2D eigenvalue weighted by molar-refractivity contribution is 0.0963. The molecule has 182 valence electrons. The molecule has 7 heteroatoms. The Kier molecular flexibility index (Phi) is 5.99. The Morgan fingerprint density at radius 2 is 1.73 bits per heavy atom. The van der Waals surface area contributed by atoms with Gasteiger partial charge in [-0.15, -0.1) is 11.3 Å². The van der Waals surface area contributed by atoms with Crippen LogP contribution in [-0.2, 0) is 0 Å². The van der Waals surface area contributed by atoms with E-state index in [1.54, 1.807) is 18.4 Å². The van der Waals surface area contributed by atoms with Crippen molar-refractivity contribution in [1.82, 2.24) is 19.9 Å². The first-order valence-corrected chi connectivity index (χ1v) is 13.2. The van der Waals surface area contributed by atoms with Gasteiger partial charge in [0, 0.05) is 28.6 Å². The zero-order valence-corrected chi connectivity index (χ0v) is 21.8. The van der Waals surface area contributed by atoms with Crippen LogP contribution in [0.25, 0.3) is 43.9 Å². The van der Waals surface area contributed by atoms with Gasteiger partial charge in [0.1, 0.15) is 0 Å². The summed E-state index contributed by atoms with van der Waals surface area (Å²) in [5.41, 5.74) is 5.33. The third kappa shape index (κ3) is 4.28. The fourth-order valence-electron chi connectivity index (χ4n) is 4.67. The lowest BCUT2D eigenvalue weighted by atomic mass is 10.0. The number of halogens is 1. The summed E-state index contributed by atoms with van der Waals surface area (Å²) in [7, 11) is 1.63. The summed E-state index contributed by atoms with van der Waals surface area (Å²) >= 11 is 7.64. The molecule has 0 aliphatic carbocycles. The largest absolute Gasteiger partial charge is 0.355 e. The van der Waals surface area contributed by atoms with Crippen LogP contribution in [0.15, 0.2) is 90.3 Å². The summed E-state index contributed by atoms with van der Waals surface area (Å²) in [5, 5.41) is 8.64. The quantitative estimate of drug-likeness (QED) is 0.253. The Bertz CT molecular complexity index is 1770. The summed E-state index contributed by atoms with van der Waals surface area (Å²) in [5.74, 6) is 0.634. The Morgan fingerprint density at radius 3 is 2.51 bits per heavy atom. The van der Waals surface area contributed by atoms with E-state index in [1.165, 1.54) is 16.3 Å². The highest BCUT2D eigenvalue weighted by atomic mass is 35.5. The lowest BCUT2D eigenvalue weighted by Crippen LogP contribution is -2.17. The average Bonchev–Trinajstić information content (AvgIpc) is 3.57. The zero-order valence-electron chi connectivity index (χ0n) is 20.3. The molecule has 4 aromatic carbocycles. The minimum Gasteiger partial charge on any atom is -0.355 e. The molecule has 6 aromatic rings. The van der Waals surface area contributed by atoms with E-state index in [-0.39, 0.29) is 11.9 Å². The maximum Gasteiger partial charge on any atom is 0.251 e. The van der Waals surface area contributed by atoms with Crippen LogP contribution in [0.1, 0.15) is 28.9 Å². The van der Waals surface area contributed by atoms with Gasteiger partial charge in [-0.2, -0.15) is 0 Å². The van der Waals surface area contributed by atoms with Crippen molar-refractivity contribution in [2.75, 3.05) is 7.05 Å². The summed E-state index contributed by atoms with van der Waals surface area (Å²) in [6.07, 6.45) is 0. The predicted molar refractivity (Wildman–Crippen MR) is 152 cm³/mol. The molecule has 1 atom stereocenters. The molecule has 5 nitrogen and oxygen atoms in total. The number of hydrogen-bond donors (Lipinski definition) is 1. The number of fused-ring (bicyclic) bond motifs is 2. The number of rotatable bonds is 5. The van der Waals surface area contributed by atoms with Gasteiger partial charge >= 0.3 is 0 Å². The Balaban J connectivity index is 1.51. The monoisotopic (exact) mass is 522 g/mol. The molecule has 0 radical (unpaired) electrons. The molecule has 0 saturated carbocycles. The van der Waals surface area contributed by atoms with E-state index in [0.29, 0.717) is 10.6 Å². The van der Waals surface area contributed by atoms with Gasteiger partial charge in [-0.05, 0) is 59.7 Å². The summed E-state index contributed by atoms with van der Waals surface area (Å²) in [6, 6.07) is 28.2. The first-order valence-electron chi connectivity index (χ1n) is 12.0. The van der Waals surface area contributed by atoms with E-state index in [4.69, 9.17) is 21.6 Å². The number of thiazole rings is 1. The van der Waals surface area contributed by atoms with Gasteiger partial charge in [0.25, 0.3) is 5.91 Å². The number of aromatic nitrogens is 3. The second-order valence-corrected chi connectivity index (χ2v) is 10.2. The molecule has 0 aliphatic rings. The van der Waals surface area contributed by atoms with E-state index < -0.39 is 0 Å². The summed E-state index contributed by atoms with van der Waals surface area (Å²) in [4.78, 5) is 22.3. The number of nitrogens with one attached hydrogen (secondary N) is 1. The molecule has 2 aromatic heterocycles. The van der Waals surface area contributed by atoms with Crippen LogP contribution < -0.4 is 5.32 Å². The highest BCUT2D eigenvalue weighted by molar-refractivity contribution is 7.13. The molecule has 37 heavy (non-hydrogen) atoms. The molecule has 2 heterocycles. The highest BCUT2D eigenvalue weighted by Gasteiger charge is 2.22. The molecule has 0 saturated heterocycles.